The summed E-state index contributed by atoms with van der Waals surface area (Å²) in [5, 5.41) is 7.97. The number of hydrogen-bond donors (Lipinski definition) is 4. The van der Waals surface area contributed by atoms with Crippen LogP contribution in [0, 0.1) is 6.92 Å². The van der Waals surface area contributed by atoms with Crippen molar-refractivity contribution in [3.8, 4) is 0 Å². The predicted octanol–water partition coefficient (Wildman–Crippen LogP) is 3.69. The molecule has 4 rings (SSSR count). The number of nitrogens with one attached hydrogen (secondary N) is 3. The van der Waals surface area contributed by atoms with Gasteiger partial charge in [0, 0.05) is 40.6 Å². The molecule has 25 heavy (non-hydrogen) atoms. The molecular weight excluding hydrogens is 312 g/mol. The Balaban J connectivity index is 1.54. The minimum absolute atomic E-state index is 0.172. The van der Waals surface area contributed by atoms with Gasteiger partial charge in [-0.1, -0.05) is 18.9 Å². The van der Waals surface area contributed by atoms with E-state index >= 15 is 0 Å². The number of aromatic amines is 1. The molecule has 0 spiro atoms. The van der Waals surface area contributed by atoms with Gasteiger partial charge >= 0.3 is 0 Å². The third-order valence-corrected chi connectivity index (χ3v) is 4.85. The van der Waals surface area contributed by atoms with Crippen molar-refractivity contribution in [3.63, 3.8) is 0 Å². The number of fused-ring (bicyclic) bond motifs is 1. The van der Waals surface area contributed by atoms with Crippen LogP contribution in [0.1, 0.15) is 31.4 Å². The first-order chi connectivity index (χ1) is 12.2. The Morgan fingerprint density at radius 2 is 2.08 bits per heavy atom. The van der Waals surface area contributed by atoms with Gasteiger partial charge in [0.2, 0.25) is 5.95 Å². The molecule has 0 bridgehead atoms. The Labute approximate surface area is 147 Å². The molecule has 1 fully saturated rings. The first-order valence-corrected chi connectivity index (χ1v) is 8.89. The van der Waals surface area contributed by atoms with E-state index in [2.05, 4.69) is 50.7 Å². The van der Waals surface area contributed by atoms with Gasteiger partial charge in [-0.05, 0) is 44.0 Å². The van der Waals surface area contributed by atoms with Crippen LogP contribution in [0.25, 0.3) is 10.9 Å². The number of anilines is 3. The molecule has 1 aliphatic rings. The first-order valence-electron chi connectivity index (χ1n) is 8.89. The summed E-state index contributed by atoms with van der Waals surface area (Å²) >= 11 is 0. The molecular formula is C19H24N6. The molecule has 6 heteroatoms. The number of hydrogen-bond acceptors (Lipinski definition) is 5. The van der Waals surface area contributed by atoms with Crippen molar-refractivity contribution in [2.75, 3.05) is 10.6 Å². The van der Waals surface area contributed by atoms with Crippen molar-refractivity contribution in [3.05, 3.63) is 42.2 Å². The van der Waals surface area contributed by atoms with Gasteiger partial charge in [-0.2, -0.15) is 4.98 Å². The number of rotatable bonds is 4. The molecule has 0 aliphatic heterocycles. The van der Waals surface area contributed by atoms with Gasteiger partial charge in [-0.25, -0.2) is 4.98 Å². The third-order valence-electron chi connectivity index (χ3n) is 4.85. The molecule has 6 nitrogen and oxygen atoms in total. The zero-order valence-electron chi connectivity index (χ0n) is 14.4. The number of aromatic nitrogens is 3. The fourth-order valence-electron chi connectivity index (χ4n) is 3.54. The van der Waals surface area contributed by atoms with E-state index in [9.17, 15) is 0 Å². The molecule has 1 aliphatic carbocycles. The van der Waals surface area contributed by atoms with E-state index in [0.717, 1.165) is 40.9 Å². The second kappa shape index (κ2) is 6.72. The van der Waals surface area contributed by atoms with E-state index in [4.69, 9.17) is 5.73 Å². The van der Waals surface area contributed by atoms with Crippen LogP contribution in [0.4, 0.5) is 17.5 Å². The van der Waals surface area contributed by atoms with Crippen LogP contribution < -0.4 is 16.4 Å². The lowest BCUT2D eigenvalue weighted by atomic mass is 9.91. The number of H-pyrrole nitrogens is 1. The summed E-state index contributed by atoms with van der Waals surface area (Å²) in [7, 11) is 0. The average Bonchev–Trinajstić information content (AvgIpc) is 2.99. The zero-order valence-corrected chi connectivity index (χ0v) is 14.4. The van der Waals surface area contributed by atoms with Crippen LogP contribution in [-0.2, 0) is 0 Å². The summed E-state index contributed by atoms with van der Waals surface area (Å²) in [6.45, 7) is 2.06. The standard InChI is InChI=1S/C19H24N6/c1-12-11-13-15(22-12)7-4-8-16(13)23-18-9-10-21-19(25-18)24-17-6-3-2-5-14(17)20/h4,7-11,14,17,22H,2-3,5-6,20H2,1H3,(H2,21,23,24,25)/t14-,17+/m0/s1. The van der Waals surface area contributed by atoms with Gasteiger partial charge in [0.25, 0.3) is 0 Å². The van der Waals surface area contributed by atoms with E-state index in [-0.39, 0.29) is 12.1 Å². The van der Waals surface area contributed by atoms with E-state index < -0.39 is 0 Å². The van der Waals surface area contributed by atoms with Crippen LogP contribution >= 0.6 is 0 Å². The molecule has 2 heterocycles. The highest BCUT2D eigenvalue weighted by Crippen LogP contribution is 2.27. The minimum atomic E-state index is 0.172. The van der Waals surface area contributed by atoms with Crippen LogP contribution in [0.2, 0.25) is 0 Å². The van der Waals surface area contributed by atoms with Crippen molar-refractivity contribution < 1.29 is 0 Å². The highest BCUT2D eigenvalue weighted by molar-refractivity contribution is 5.94. The van der Waals surface area contributed by atoms with E-state index in [1.165, 1.54) is 12.8 Å². The van der Waals surface area contributed by atoms with Crippen molar-refractivity contribution in [1.29, 1.82) is 0 Å². The molecule has 0 radical (unpaired) electrons. The minimum Gasteiger partial charge on any atom is -0.359 e. The quantitative estimate of drug-likeness (QED) is 0.583. The number of aryl methyl sites for hydroxylation is 1. The van der Waals surface area contributed by atoms with E-state index in [1.54, 1.807) is 6.20 Å². The van der Waals surface area contributed by atoms with Gasteiger partial charge in [0.1, 0.15) is 5.82 Å². The maximum absolute atomic E-state index is 6.22. The van der Waals surface area contributed by atoms with Crippen molar-refractivity contribution in [2.45, 2.75) is 44.7 Å². The molecule has 0 amide bonds. The second-order valence-corrected chi connectivity index (χ2v) is 6.81. The second-order valence-electron chi connectivity index (χ2n) is 6.81. The maximum atomic E-state index is 6.22. The van der Waals surface area contributed by atoms with Crippen molar-refractivity contribution in [1.82, 2.24) is 15.0 Å². The highest BCUT2D eigenvalue weighted by atomic mass is 15.2. The average molecular weight is 336 g/mol. The molecule has 0 saturated heterocycles. The molecule has 2 aromatic heterocycles. The fraction of sp³-hybridized carbons (Fsp3) is 0.368. The number of nitrogens with zero attached hydrogens (tertiary/aromatic N) is 2. The summed E-state index contributed by atoms with van der Waals surface area (Å²) < 4.78 is 0. The maximum Gasteiger partial charge on any atom is 0.224 e. The van der Waals surface area contributed by atoms with Gasteiger partial charge in [-0.15, -0.1) is 0 Å². The molecule has 1 saturated carbocycles. The monoisotopic (exact) mass is 336 g/mol. The lowest BCUT2D eigenvalue weighted by molar-refractivity contribution is 0.402. The van der Waals surface area contributed by atoms with Gasteiger partial charge < -0.3 is 21.4 Å². The lowest BCUT2D eigenvalue weighted by Gasteiger charge is -2.29. The zero-order chi connectivity index (χ0) is 17.2. The highest BCUT2D eigenvalue weighted by Gasteiger charge is 2.22. The van der Waals surface area contributed by atoms with Gasteiger partial charge in [0.15, 0.2) is 0 Å². The van der Waals surface area contributed by atoms with Crippen LogP contribution in [0.15, 0.2) is 36.5 Å². The summed E-state index contributed by atoms with van der Waals surface area (Å²) in [5.41, 5.74) is 9.50. The summed E-state index contributed by atoms with van der Waals surface area (Å²) in [6.07, 6.45) is 6.32. The van der Waals surface area contributed by atoms with Crippen LogP contribution in [0.5, 0.6) is 0 Å². The molecule has 130 valence electrons. The summed E-state index contributed by atoms with van der Waals surface area (Å²) in [4.78, 5) is 12.3. The Morgan fingerprint density at radius 1 is 1.20 bits per heavy atom. The molecule has 0 unspecified atom stereocenters. The van der Waals surface area contributed by atoms with Crippen LogP contribution in [-0.4, -0.2) is 27.0 Å². The smallest absolute Gasteiger partial charge is 0.224 e. The molecule has 1 aromatic carbocycles. The molecule has 5 N–H and O–H groups in total. The predicted molar refractivity (Wildman–Crippen MR) is 102 cm³/mol. The van der Waals surface area contributed by atoms with Gasteiger partial charge in [0.05, 0.1) is 0 Å². The normalized spacial score (nSPS) is 20.6. The number of nitrogens with two attached hydrogens (primary N) is 1. The van der Waals surface area contributed by atoms with Crippen molar-refractivity contribution >= 4 is 28.4 Å². The lowest BCUT2D eigenvalue weighted by Crippen LogP contribution is -2.42. The Hall–Kier alpha value is -2.60. The summed E-state index contributed by atoms with van der Waals surface area (Å²) in [5.74, 6) is 1.40. The fourth-order valence-corrected chi connectivity index (χ4v) is 3.54. The molecule has 3 aromatic rings. The Bertz CT molecular complexity index is 871. The van der Waals surface area contributed by atoms with Crippen LogP contribution in [0.3, 0.4) is 0 Å². The number of benzene rings is 1. The Kier molecular flexibility index (Phi) is 4.28. The Morgan fingerprint density at radius 3 is 2.96 bits per heavy atom. The van der Waals surface area contributed by atoms with E-state index in [0.29, 0.717) is 5.95 Å². The molecule has 2 atom stereocenters. The van der Waals surface area contributed by atoms with Crippen molar-refractivity contribution in [2.24, 2.45) is 5.73 Å². The van der Waals surface area contributed by atoms with Gasteiger partial charge in [-0.3, -0.25) is 0 Å². The SMILES string of the molecule is Cc1cc2c(Nc3ccnc(N[C@@H]4CCCC[C@@H]4N)n3)cccc2[nH]1. The third kappa shape index (κ3) is 3.44. The van der Waals surface area contributed by atoms with E-state index in [1.807, 2.05) is 12.1 Å². The first kappa shape index (κ1) is 15.9. The largest absolute Gasteiger partial charge is 0.359 e. The topological polar surface area (TPSA) is 91.7 Å². The summed E-state index contributed by atoms with van der Waals surface area (Å²) in [6, 6.07) is 10.6.